The smallest absolute Gasteiger partial charge is 0.253 e. The fourth-order valence-corrected chi connectivity index (χ4v) is 3.13. The molecule has 1 aliphatic heterocycles. The first kappa shape index (κ1) is 16.2. The van der Waals surface area contributed by atoms with Crippen molar-refractivity contribution in [3.05, 3.63) is 47.3 Å². The molecule has 0 saturated carbocycles. The normalized spacial score (nSPS) is 17.1. The number of likely N-dealkylation sites (tertiary alicyclic amines) is 1. The van der Waals surface area contributed by atoms with Gasteiger partial charge in [-0.2, -0.15) is 5.10 Å². The number of anilines is 1. The highest BCUT2D eigenvalue weighted by Gasteiger charge is 2.28. The highest BCUT2D eigenvalue weighted by molar-refractivity contribution is 5.97. The number of aromatic nitrogens is 2. The van der Waals surface area contributed by atoms with Gasteiger partial charge < -0.3 is 10.2 Å². The molecule has 1 saturated heterocycles. The molecule has 0 bridgehead atoms. The molecule has 1 atom stereocenters. The van der Waals surface area contributed by atoms with Crippen LogP contribution in [0.5, 0.6) is 0 Å². The molecule has 1 aromatic carbocycles. The molecule has 3 rings (SSSR count). The summed E-state index contributed by atoms with van der Waals surface area (Å²) in [5.41, 5.74) is 3.42. The first-order valence-electron chi connectivity index (χ1n) is 8.10. The van der Waals surface area contributed by atoms with Gasteiger partial charge in [-0.25, -0.2) is 0 Å². The summed E-state index contributed by atoms with van der Waals surface area (Å²) in [5.74, 6) is 0.205. The molecule has 1 unspecified atom stereocenters. The van der Waals surface area contributed by atoms with Crippen LogP contribution in [0.3, 0.4) is 0 Å². The maximum absolute atomic E-state index is 12.8. The number of amides is 2. The molecule has 6 nitrogen and oxygen atoms in total. The standard InChI is InChI=1S/C18H22N4O2/c1-12-4-5-14(8-17(12)20-13(2)23)18(24)22-7-6-15(11-22)16-9-19-21(3)10-16/h4-5,8-10,15H,6-7,11H2,1-3H3,(H,20,23). The summed E-state index contributed by atoms with van der Waals surface area (Å²) in [7, 11) is 1.90. The lowest BCUT2D eigenvalue weighted by molar-refractivity contribution is -0.114. The summed E-state index contributed by atoms with van der Waals surface area (Å²) in [4.78, 5) is 25.9. The van der Waals surface area contributed by atoms with Crippen molar-refractivity contribution in [2.75, 3.05) is 18.4 Å². The molecule has 6 heteroatoms. The highest BCUT2D eigenvalue weighted by atomic mass is 16.2. The predicted molar refractivity (Wildman–Crippen MR) is 92.0 cm³/mol. The lowest BCUT2D eigenvalue weighted by atomic mass is 10.0. The van der Waals surface area contributed by atoms with Crippen LogP contribution in [-0.4, -0.2) is 39.6 Å². The Morgan fingerprint density at radius 3 is 2.79 bits per heavy atom. The second kappa shape index (κ2) is 6.47. The summed E-state index contributed by atoms with van der Waals surface area (Å²) in [6.45, 7) is 4.82. The molecule has 2 aromatic rings. The largest absolute Gasteiger partial charge is 0.338 e. The molecule has 2 heterocycles. The van der Waals surface area contributed by atoms with E-state index in [1.165, 1.54) is 12.5 Å². The van der Waals surface area contributed by atoms with E-state index in [0.29, 0.717) is 23.7 Å². The molecule has 1 N–H and O–H groups in total. The van der Waals surface area contributed by atoms with Crippen molar-refractivity contribution < 1.29 is 9.59 Å². The average molecular weight is 326 g/mol. The Hall–Kier alpha value is -2.63. The van der Waals surface area contributed by atoms with Crippen molar-refractivity contribution >= 4 is 17.5 Å². The van der Waals surface area contributed by atoms with E-state index in [1.54, 1.807) is 10.7 Å². The van der Waals surface area contributed by atoms with Gasteiger partial charge in [0.1, 0.15) is 0 Å². The number of nitrogens with zero attached hydrogens (tertiary/aromatic N) is 3. The highest BCUT2D eigenvalue weighted by Crippen LogP contribution is 2.28. The van der Waals surface area contributed by atoms with Crippen LogP contribution in [0.1, 0.15) is 40.7 Å². The Bertz CT molecular complexity index is 781. The van der Waals surface area contributed by atoms with E-state index in [1.807, 2.05) is 43.4 Å². The molecule has 24 heavy (non-hydrogen) atoms. The van der Waals surface area contributed by atoms with Gasteiger partial charge in [-0.3, -0.25) is 14.3 Å². The van der Waals surface area contributed by atoms with E-state index in [4.69, 9.17) is 0 Å². The number of aryl methyl sites for hydroxylation is 2. The minimum Gasteiger partial charge on any atom is -0.338 e. The van der Waals surface area contributed by atoms with Gasteiger partial charge in [-0.05, 0) is 36.6 Å². The van der Waals surface area contributed by atoms with E-state index in [0.717, 1.165) is 18.5 Å². The number of hydrogen-bond acceptors (Lipinski definition) is 3. The lowest BCUT2D eigenvalue weighted by Crippen LogP contribution is -2.28. The van der Waals surface area contributed by atoms with Crippen molar-refractivity contribution in [3.63, 3.8) is 0 Å². The quantitative estimate of drug-likeness (QED) is 0.941. The first-order chi connectivity index (χ1) is 11.4. The van der Waals surface area contributed by atoms with Gasteiger partial charge in [0, 0.05) is 50.4 Å². The predicted octanol–water partition coefficient (Wildman–Crippen LogP) is 2.32. The van der Waals surface area contributed by atoms with E-state index >= 15 is 0 Å². The molecule has 0 radical (unpaired) electrons. The first-order valence-corrected chi connectivity index (χ1v) is 8.10. The second-order valence-electron chi connectivity index (χ2n) is 6.39. The van der Waals surface area contributed by atoms with Gasteiger partial charge in [0.2, 0.25) is 5.91 Å². The number of hydrogen-bond donors (Lipinski definition) is 1. The lowest BCUT2D eigenvalue weighted by Gasteiger charge is -2.17. The number of rotatable bonds is 3. The van der Waals surface area contributed by atoms with Crippen LogP contribution in [0.4, 0.5) is 5.69 Å². The third kappa shape index (κ3) is 3.32. The molecule has 1 fully saturated rings. The molecule has 126 valence electrons. The van der Waals surface area contributed by atoms with Crippen LogP contribution < -0.4 is 5.32 Å². The third-order valence-corrected chi connectivity index (χ3v) is 4.47. The molecule has 0 spiro atoms. The molecule has 2 amide bonds. The monoisotopic (exact) mass is 326 g/mol. The van der Waals surface area contributed by atoms with Crippen molar-refractivity contribution in [2.24, 2.45) is 7.05 Å². The topological polar surface area (TPSA) is 67.2 Å². The summed E-state index contributed by atoms with van der Waals surface area (Å²) in [6.07, 6.45) is 4.83. The van der Waals surface area contributed by atoms with Crippen molar-refractivity contribution in [1.29, 1.82) is 0 Å². The summed E-state index contributed by atoms with van der Waals surface area (Å²) >= 11 is 0. The van der Waals surface area contributed by atoms with Crippen LogP contribution in [0.25, 0.3) is 0 Å². The zero-order valence-electron chi connectivity index (χ0n) is 14.2. The van der Waals surface area contributed by atoms with Crippen molar-refractivity contribution in [2.45, 2.75) is 26.2 Å². The Morgan fingerprint density at radius 1 is 1.33 bits per heavy atom. The molecule has 0 aliphatic carbocycles. The summed E-state index contributed by atoms with van der Waals surface area (Å²) in [6, 6.07) is 5.45. The van der Waals surface area contributed by atoms with E-state index < -0.39 is 0 Å². The van der Waals surface area contributed by atoms with E-state index in [2.05, 4.69) is 10.4 Å². The van der Waals surface area contributed by atoms with E-state index in [-0.39, 0.29) is 11.8 Å². The van der Waals surface area contributed by atoms with Crippen LogP contribution >= 0.6 is 0 Å². The molecular formula is C18H22N4O2. The van der Waals surface area contributed by atoms with Crippen LogP contribution in [0.2, 0.25) is 0 Å². The molecule has 1 aliphatic rings. The van der Waals surface area contributed by atoms with Gasteiger partial charge in [0.25, 0.3) is 5.91 Å². The second-order valence-corrected chi connectivity index (χ2v) is 6.39. The Labute approximate surface area is 141 Å². The Balaban J connectivity index is 1.74. The summed E-state index contributed by atoms with van der Waals surface area (Å²) < 4.78 is 1.79. The maximum Gasteiger partial charge on any atom is 0.253 e. The fraction of sp³-hybridized carbons (Fsp3) is 0.389. The number of carbonyl (C=O) groups excluding carboxylic acids is 2. The summed E-state index contributed by atoms with van der Waals surface area (Å²) in [5, 5.41) is 6.99. The van der Waals surface area contributed by atoms with Crippen molar-refractivity contribution in [1.82, 2.24) is 14.7 Å². The minimum absolute atomic E-state index is 0.00740. The zero-order valence-corrected chi connectivity index (χ0v) is 14.2. The van der Waals surface area contributed by atoms with Gasteiger partial charge in [-0.1, -0.05) is 6.07 Å². The van der Waals surface area contributed by atoms with Gasteiger partial charge in [-0.15, -0.1) is 0 Å². The number of carbonyl (C=O) groups is 2. The van der Waals surface area contributed by atoms with Gasteiger partial charge >= 0.3 is 0 Å². The van der Waals surface area contributed by atoms with Crippen molar-refractivity contribution in [3.8, 4) is 0 Å². The minimum atomic E-state index is -0.138. The zero-order chi connectivity index (χ0) is 17.3. The Morgan fingerprint density at radius 2 is 2.12 bits per heavy atom. The third-order valence-electron chi connectivity index (χ3n) is 4.47. The van der Waals surface area contributed by atoms with Crippen LogP contribution in [-0.2, 0) is 11.8 Å². The maximum atomic E-state index is 12.8. The van der Waals surface area contributed by atoms with E-state index in [9.17, 15) is 9.59 Å². The molecular weight excluding hydrogens is 304 g/mol. The SMILES string of the molecule is CC(=O)Nc1cc(C(=O)N2CCC(c3cnn(C)c3)C2)ccc1C. The number of nitrogens with one attached hydrogen (secondary N) is 1. The van der Waals surface area contributed by atoms with Gasteiger partial charge in [0.15, 0.2) is 0 Å². The van der Waals surface area contributed by atoms with Gasteiger partial charge in [0.05, 0.1) is 6.20 Å². The number of benzene rings is 1. The Kier molecular flexibility index (Phi) is 4.38. The molecule has 1 aromatic heterocycles. The van der Waals surface area contributed by atoms with Crippen LogP contribution in [0.15, 0.2) is 30.6 Å². The fourth-order valence-electron chi connectivity index (χ4n) is 3.13. The van der Waals surface area contributed by atoms with Crippen LogP contribution in [0, 0.1) is 6.92 Å². The average Bonchev–Trinajstić information content (AvgIpc) is 3.17.